The van der Waals surface area contributed by atoms with Crippen LogP contribution in [-0.2, 0) is 4.79 Å². The van der Waals surface area contributed by atoms with Crippen LogP contribution in [0, 0.1) is 17.3 Å². The molecule has 2 heteroatoms. The van der Waals surface area contributed by atoms with Crippen molar-refractivity contribution in [3.05, 3.63) is 0 Å². The second-order valence-electron chi connectivity index (χ2n) is 5.07. The van der Waals surface area contributed by atoms with Gasteiger partial charge in [-0.2, -0.15) is 0 Å². The van der Waals surface area contributed by atoms with Gasteiger partial charge in [0.05, 0.1) is 6.54 Å². The van der Waals surface area contributed by atoms with Gasteiger partial charge in [-0.25, -0.2) is 9.79 Å². The number of rotatable bonds is 2. The summed E-state index contributed by atoms with van der Waals surface area (Å²) in [4.78, 5) is 13.8. The number of hydrogen-bond donors (Lipinski definition) is 0. The van der Waals surface area contributed by atoms with Gasteiger partial charge in [0, 0.05) is 0 Å². The molecule has 0 aliphatic heterocycles. The Morgan fingerprint density at radius 2 is 1.92 bits per heavy atom. The summed E-state index contributed by atoms with van der Waals surface area (Å²) >= 11 is 0. The lowest BCUT2D eigenvalue weighted by Gasteiger charge is -2.39. The highest BCUT2D eigenvalue weighted by Gasteiger charge is 2.33. The Kier molecular flexibility index (Phi) is 3.27. The molecule has 0 amide bonds. The minimum atomic E-state index is 0.245. The Hall–Kier alpha value is -0.620. The summed E-state index contributed by atoms with van der Waals surface area (Å²) in [7, 11) is 0. The minimum absolute atomic E-state index is 0.245. The van der Waals surface area contributed by atoms with E-state index in [-0.39, 0.29) is 5.41 Å². The fourth-order valence-corrected chi connectivity index (χ4v) is 2.97. The van der Waals surface area contributed by atoms with Crippen molar-refractivity contribution in [1.29, 1.82) is 0 Å². The van der Waals surface area contributed by atoms with Crippen LogP contribution in [0.25, 0.3) is 0 Å². The zero-order valence-corrected chi connectivity index (χ0v) is 8.84. The van der Waals surface area contributed by atoms with Crippen molar-refractivity contribution in [2.45, 2.75) is 40.0 Å². The van der Waals surface area contributed by atoms with Crippen LogP contribution in [0.4, 0.5) is 0 Å². The third-order valence-electron chi connectivity index (χ3n) is 3.01. The summed E-state index contributed by atoms with van der Waals surface area (Å²) in [5, 5.41) is 0. The molecule has 0 aromatic heterocycles. The van der Waals surface area contributed by atoms with Gasteiger partial charge in [-0.3, -0.25) is 0 Å². The zero-order valence-electron chi connectivity index (χ0n) is 8.84. The Morgan fingerprint density at radius 3 is 2.38 bits per heavy atom. The number of isocyanates is 1. The van der Waals surface area contributed by atoms with E-state index in [2.05, 4.69) is 25.8 Å². The van der Waals surface area contributed by atoms with Crippen molar-refractivity contribution in [3.63, 3.8) is 0 Å². The normalized spacial score (nSPS) is 39.6. The summed E-state index contributed by atoms with van der Waals surface area (Å²) < 4.78 is 0. The molecular weight excluding hydrogens is 162 g/mol. The number of carbonyl (C=O) groups excluding carboxylic acids is 1. The van der Waals surface area contributed by atoms with Crippen LogP contribution >= 0.6 is 0 Å². The van der Waals surface area contributed by atoms with Crippen molar-refractivity contribution in [2.24, 2.45) is 22.2 Å². The molecule has 0 spiro atoms. The molecule has 2 nitrogen and oxygen atoms in total. The third-order valence-corrected chi connectivity index (χ3v) is 3.01. The number of hydrogen-bond acceptors (Lipinski definition) is 2. The summed E-state index contributed by atoms with van der Waals surface area (Å²) in [5.41, 5.74) is 0.245. The molecule has 1 saturated carbocycles. The summed E-state index contributed by atoms with van der Waals surface area (Å²) in [6.07, 6.45) is 5.36. The van der Waals surface area contributed by atoms with Crippen molar-refractivity contribution in [3.8, 4) is 0 Å². The lowest BCUT2D eigenvalue weighted by Crippen LogP contribution is -2.31. The monoisotopic (exact) mass is 181 g/mol. The van der Waals surface area contributed by atoms with E-state index >= 15 is 0 Å². The van der Waals surface area contributed by atoms with Crippen molar-refractivity contribution >= 4 is 6.08 Å². The van der Waals surface area contributed by atoms with Crippen molar-refractivity contribution in [1.82, 2.24) is 0 Å². The van der Waals surface area contributed by atoms with E-state index in [0.717, 1.165) is 11.8 Å². The number of aliphatic imine (C=N–C) groups is 1. The van der Waals surface area contributed by atoms with Gasteiger partial charge >= 0.3 is 0 Å². The van der Waals surface area contributed by atoms with Crippen LogP contribution in [0.2, 0.25) is 0 Å². The first kappa shape index (κ1) is 10.5. The Labute approximate surface area is 80.4 Å². The molecule has 0 saturated heterocycles. The van der Waals surface area contributed by atoms with Gasteiger partial charge < -0.3 is 0 Å². The van der Waals surface area contributed by atoms with Gasteiger partial charge in [0.2, 0.25) is 6.08 Å². The van der Waals surface area contributed by atoms with Gasteiger partial charge in [0.15, 0.2) is 0 Å². The average molecular weight is 181 g/mol. The van der Waals surface area contributed by atoms with E-state index in [9.17, 15) is 4.79 Å². The second kappa shape index (κ2) is 4.06. The minimum Gasteiger partial charge on any atom is -0.211 e. The smallest absolute Gasteiger partial charge is 0.211 e. The van der Waals surface area contributed by atoms with Gasteiger partial charge in [-0.05, 0) is 36.5 Å². The molecule has 0 heterocycles. The van der Waals surface area contributed by atoms with Crippen LogP contribution < -0.4 is 0 Å². The van der Waals surface area contributed by atoms with Crippen LogP contribution in [0.3, 0.4) is 0 Å². The van der Waals surface area contributed by atoms with Crippen LogP contribution in [0.15, 0.2) is 4.99 Å². The first-order valence-electron chi connectivity index (χ1n) is 5.09. The molecule has 0 N–H and O–H groups in total. The highest BCUT2D eigenvalue weighted by Crippen LogP contribution is 2.41. The maximum absolute atomic E-state index is 10.1. The summed E-state index contributed by atoms with van der Waals surface area (Å²) in [6.45, 7) is 7.47. The van der Waals surface area contributed by atoms with Crippen LogP contribution in [0.5, 0.6) is 0 Å². The van der Waals surface area contributed by atoms with E-state index in [1.54, 1.807) is 6.08 Å². The average Bonchev–Trinajstić information content (AvgIpc) is 1.98. The molecule has 13 heavy (non-hydrogen) atoms. The van der Waals surface area contributed by atoms with E-state index in [1.165, 1.54) is 19.3 Å². The van der Waals surface area contributed by atoms with Gasteiger partial charge in [0.25, 0.3) is 0 Å². The van der Waals surface area contributed by atoms with E-state index in [1.807, 2.05) is 0 Å². The van der Waals surface area contributed by atoms with E-state index < -0.39 is 0 Å². The molecule has 1 fully saturated rings. The predicted octanol–water partition coefficient (Wildman–Crippen LogP) is 2.78. The molecule has 1 aliphatic rings. The molecule has 2 atom stereocenters. The Bertz CT molecular complexity index is 208. The third kappa shape index (κ3) is 2.96. The summed E-state index contributed by atoms with van der Waals surface area (Å²) in [5.74, 6) is 1.55. The quantitative estimate of drug-likeness (QED) is 0.476. The van der Waals surface area contributed by atoms with Crippen molar-refractivity contribution < 1.29 is 4.79 Å². The maximum atomic E-state index is 10.1. The fourth-order valence-electron chi connectivity index (χ4n) is 2.97. The zero-order chi connectivity index (χ0) is 9.90. The molecule has 0 bridgehead atoms. The first-order valence-corrected chi connectivity index (χ1v) is 5.09. The fraction of sp³-hybridized carbons (Fsp3) is 0.909. The molecule has 1 aliphatic carbocycles. The molecule has 2 unspecified atom stereocenters. The predicted molar refractivity (Wildman–Crippen MR) is 53.3 cm³/mol. The summed E-state index contributed by atoms with van der Waals surface area (Å²) in [6, 6.07) is 0. The highest BCUT2D eigenvalue weighted by molar-refractivity contribution is 5.33. The molecule has 0 aromatic rings. The lowest BCUT2D eigenvalue weighted by molar-refractivity contribution is 0.132. The molecule has 74 valence electrons. The molecule has 0 radical (unpaired) electrons. The lowest BCUT2D eigenvalue weighted by atomic mass is 9.67. The SMILES string of the molecule is CC1CC(C)CC(C)(CN=C=O)C1. The Balaban J connectivity index is 2.60. The molecule has 1 rings (SSSR count). The standard InChI is InChI=1S/C11H19NO/c1-9-4-10(2)6-11(3,5-9)7-12-8-13/h9-10H,4-7H2,1-3H3. The Morgan fingerprint density at radius 1 is 1.38 bits per heavy atom. The largest absolute Gasteiger partial charge is 0.234 e. The molecular formula is C11H19NO. The van der Waals surface area contributed by atoms with Crippen molar-refractivity contribution in [2.75, 3.05) is 6.54 Å². The van der Waals surface area contributed by atoms with Crippen LogP contribution in [0.1, 0.15) is 40.0 Å². The van der Waals surface area contributed by atoms with Gasteiger partial charge in [-0.1, -0.05) is 20.8 Å². The first-order chi connectivity index (χ1) is 6.06. The van der Waals surface area contributed by atoms with E-state index in [4.69, 9.17) is 0 Å². The van der Waals surface area contributed by atoms with Gasteiger partial charge in [-0.15, -0.1) is 0 Å². The molecule has 0 aromatic carbocycles. The topological polar surface area (TPSA) is 29.4 Å². The highest BCUT2D eigenvalue weighted by atomic mass is 16.1. The maximum Gasteiger partial charge on any atom is 0.234 e. The second-order valence-corrected chi connectivity index (χ2v) is 5.07. The van der Waals surface area contributed by atoms with E-state index in [0.29, 0.717) is 6.54 Å². The van der Waals surface area contributed by atoms with Crippen LogP contribution in [-0.4, -0.2) is 12.6 Å². The van der Waals surface area contributed by atoms with Gasteiger partial charge in [0.1, 0.15) is 0 Å². The number of nitrogens with zero attached hydrogens (tertiary/aromatic N) is 1.